The van der Waals surface area contributed by atoms with Crippen LogP contribution in [0.1, 0.15) is 44.2 Å². The molecule has 0 saturated carbocycles. The summed E-state index contributed by atoms with van der Waals surface area (Å²) in [5.74, 6) is 0.0534. The van der Waals surface area contributed by atoms with E-state index in [2.05, 4.69) is 10.6 Å². The number of carbonyl (C=O) groups excluding carboxylic acids is 2. The van der Waals surface area contributed by atoms with Gasteiger partial charge in [-0.15, -0.1) is 0 Å². The van der Waals surface area contributed by atoms with Crippen molar-refractivity contribution in [1.82, 2.24) is 15.5 Å². The molecule has 0 spiro atoms. The fourth-order valence-electron chi connectivity index (χ4n) is 3.53. The third kappa shape index (κ3) is 3.55. The predicted molar refractivity (Wildman–Crippen MR) is 88.8 cm³/mol. The average Bonchev–Trinajstić information content (AvgIpc) is 3.26. The Morgan fingerprint density at radius 2 is 2.00 bits per heavy atom. The molecular formula is C18H25N3O2. The van der Waals surface area contributed by atoms with Crippen LogP contribution in [0, 0.1) is 0 Å². The number of rotatable bonds is 4. The summed E-state index contributed by atoms with van der Waals surface area (Å²) < 4.78 is 0. The van der Waals surface area contributed by atoms with Crippen molar-refractivity contribution in [3.63, 3.8) is 0 Å². The fraction of sp³-hybridized carbons (Fsp3) is 0.556. The van der Waals surface area contributed by atoms with Gasteiger partial charge in [0.15, 0.2) is 0 Å². The maximum absolute atomic E-state index is 12.6. The normalized spacial score (nSPS) is 25.3. The second-order valence-corrected chi connectivity index (χ2v) is 6.48. The smallest absolute Gasteiger partial charge is 0.243 e. The van der Waals surface area contributed by atoms with Gasteiger partial charge in [-0.1, -0.05) is 30.3 Å². The number of nitrogens with one attached hydrogen (secondary N) is 2. The Morgan fingerprint density at radius 1 is 1.22 bits per heavy atom. The van der Waals surface area contributed by atoms with E-state index in [1.54, 1.807) is 4.90 Å². The Labute approximate surface area is 137 Å². The van der Waals surface area contributed by atoms with Gasteiger partial charge in [-0.05, 0) is 44.7 Å². The van der Waals surface area contributed by atoms with Crippen LogP contribution in [0.2, 0.25) is 0 Å². The van der Waals surface area contributed by atoms with Crippen LogP contribution in [0.5, 0.6) is 0 Å². The average molecular weight is 315 g/mol. The van der Waals surface area contributed by atoms with Gasteiger partial charge in [0.25, 0.3) is 0 Å². The van der Waals surface area contributed by atoms with Crippen LogP contribution in [-0.2, 0) is 9.59 Å². The van der Waals surface area contributed by atoms with Crippen LogP contribution in [-0.4, -0.2) is 41.9 Å². The minimum Gasteiger partial charge on any atom is -0.348 e. The first-order valence-electron chi connectivity index (χ1n) is 8.56. The lowest BCUT2D eigenvalue weighted by Gasteiger charge is -2.28. The van der Waals surface area contributed by atoms with Gasteiger partial charge in [0.1, 0.15) is 6.04 Å². The van der Waals surface area contributed by atoms with Gasteiger partial charge in [-0.3, -0.25) is 9.59 Å². The van der Waals surface area contributed by atoms with Crippen LogP contribution in [0.25, 0.3) is 0 Å². The third-order valence-corrected chi connectivity index (χ3v) is 4.86. The second kappa shape index (κ2) is 7.13. The number of hydrogen-bond acceptors (Lipinski definition) is 3. The maximum Gasteiger partial charge on any atom is 0.243 e. The minimum atomic E-state index is -0.323. The lowest BCUT2D eigenvalue weighted by molar-refractivity contribution is -0.140. The highest BCUT2D eigenvalue weighted by Crippen LogP contribution is 2.22. The Bertz CT molecular complexity index is 555. The van der Waals surface area contributed by atoms with E-state index in [0.717, 1.165) is 37.8 Å². The topological polar surface area (TPSA) is 61.4 Å². The first kappa shape index (κ1) is 16.0. The highest BCUT2D eigenvalue weighted by Gasteiger charge is 2.38. The molecule has 2 fully saturated rings. The zero-order valence-electron chi connectivity index (χ0n) is 13.6. The van der Waals surface area contributed by atoms with E-state index in [1.165, 1.54) is 0 Å². The standard InChI is InChI=1S/C18H25N3O2/c1-13(14-7-3-2-4-8-14)20-17(22)16-10-6-12-21(16)18(23)15-9-5-11-19-15/h2-4,7-8,13,15-16,19H,5-6,9-12H2,1H3,(H,20,22)/t13?,15?,16-/m0/s1. The molecule has 2 aliphatic rings. The molecular weight excluding hydrogens is 290 g/mol. The quantitative estimate of drug-likeness (QED) is 0.887. The van der Waals surface area contributed by atoms with Crippen molar-refractivity contribution in [2.24, 2.45) is 0 Å². The first-order valence-corrected chi connectivity index (χ1v) is 8.56. The van der Waals surface area contributed by atoms with Gasteiger partial charge in [-0.2, -0.15) is 0 Å². The van der Waals surface area contributed by atoms with Gasteiger partial charge in [0, 0.05) is 6.54 Å². The number of hydrogen-bond donors (Lipinski definition) is 2. The maximum atomic E-state index is 12.6. The summed E-state index contributed by atoms with van der Waals surface area (Å²) in [4.78, 5) is 27.0. The molecule has 0 aliphatic carbocycles. The Kier molecular flexibility index (Phi) is 4.96. The van der Waals surface area contributed by atoms with Crippen LogP contribution in [0.15, 0.2) is 30.3 Å². The summed E-state index contributed by atoms with van der Waals surface area (Å²) >= 11 is 0. The lowest BCUT2D eigenvalue weighted by atomic mass is 10.1. The van der Waals surface area contributed by atoms with E-state index in [-0.39, 0.29) is 29.9 Å². The molecule has 124 valence electrons. The van der Waals surface area contributed by atoms with Crippen molar-refractivity contribution in [1.29, 1.82) is 0 Å². The number of nitrogens with zero attached hydrogens (tertiary/aromatic N) is 1. The van der Waals surface area contributed by atoms with Gasteiger partial charge >= 0.3 is 0 Å². The number of amides is 2. The molecule has 5 heteroatoms. The predicted octanol–water partition coefficient (Wildman–Crippen LogP) is 1.61. The SMILES string of the molecule is CC(NC(=O)[C@@H]1CCCN1C(=O)C1CCCN1)c1ccccc1. The fourth-order valence-corrected chi connectivity index (χ4v) is 3.53. The van der Waals surface area contributed by atoms with E-state index < -0.39 is 0 Å². The molecule has 5 nitrogen and oxygen atoms in total. The van der Waals surface area contributed by atoms with E-state index >= 15 is 0 Å². The zero-order valence-corrected chi connectivity index (χ0v) is 13.6. The van der Waals surface area contributed by atoms with E-state index in [1.807, 2.05) is 37.3 Å². The number of carbonyl (C=O) groups is 2. The molecule has 2 N–H and O–H groups in total. The molecule has 0 bridgehead atoms. The Hall–Kier alpha value is -1.88. The van der Waals surface area contributed by atoms with Crippen LogP contribution in [0.3, 0.4) is 0 Å². The summed E-state index contributed by atoms with van der Waals surface area (Å²) in [7, 11) is 0. The molecule has 1 aromatic rings. The highest BCUT2D eigenvalue weighted by atomic mass is 16.2. The molecule has 23 heavy (non-hydrogen) atoms. The molecule has 2 heterocycles. The van der Waals surface area contributed by atoms with Gasteiger partial charge < -0.3 is 15.5 Å². The second-order valence-electron chi connectivity index (χ2n) is 6.48. The van der Waals surface area contributed by atoms with E-state index in [9.17, 15) is 9.59 Å². The van der Waals surface area contributed by atoms with Gasteiger partial charge in [-0.25, -0.2) is 0 Å². The summed E-state index contributed by atoms with van der Waals surface area (Å²) in [5, 5.41) is 6.30. The van der Waals surface area contributed by atoms with Crippen molar-refractivity contribution in [3.8, 4) is 0 Å². The van der Waals surface area contributed by atoms with Crippen LogP contribution >= 0.6 is 0 Å². The van der Waals surface area contributed by atoms with Crippen LogP contribution < -0.4 is 10.6 Å². The Morgan fingerprint density at radius 3 is 2.70 bits per heavy atom. The molecule has 2 unspecified atom stereocenters. The number of benzene rings is 1. The summed E-state index contributed by atoms with van der Waals surface area (Å²) in [5.41, 5.74) is 1.08. The van der Waals surface area contributed by atoms with E-state index in [0.29, 0.717) is 6.54 Å². The minimum absolute atomic E-state index is 0.0369. The van der Waals surface area contributed by atoms with Crippen LogP contribution in [0.4, 0.5) is 0 Å². The van der Waals surface area contributed by atoms with Crippen molar-refractivity contribution in [3.05, 3.63) is 35.9 Å². The summed E-state index contributed by atoms with van der Waals surface area (Å²) in [6, 6.07) is 9.43. The Balaban J connectivity index is 1.62. The van der Waals surface area contributed by atoms with Gasteiger partial charge in [0.05, 0.1) is 12.1 Å². The van der Waals surface area contributed by atoms with Crippen molar-refractivity contribution in [2.75, 3.05) is 13.1 Å². The third-order valence-electron chi connectivity index (χ3n) is 4.86. The molecule has 2 amide bonds. The number of likely N-dealkylation sites (tertiary alicyclic amines) is 1. The molecule has 1 aromatic carbocycles. The van der Waals surface area contributed by atoms with Crippen molar-refractivity contribution < 1.29 is 9.59 Å². The zero-order chi connectivity index (χ0) is 16.2. The summed E-state index contributed by atoms with van der Waals surface area (Å²) in [6.45, 7) is 3.56. The summed E-state index contributed by atoms with van der Waals surface area (Å²) in [6.07, 6.45) is 3.57. The first-order chi connectivity index (χ1) is 11.2. The molecule has 2 aliphatic heterocycles. The lowest BCUT2D eigenvalue weighted by Crippen LogP contribution is -2.51. The molecule has 0 radical (unpaired) electrons. The van der Waals surface area contributed by atoms with Crippen molar-refractivity contribution >= 4 is 11.8 Å². The largest absolute Gasteiger partial charge is 0.348 e. The highest BCUT2D eigenvalue weighted by molar-refractivity contribution is 5.90. The molecule has 3 atom stereocenters. The van der Waals surface area contributed by atoms with Gasteiger partial charge in [0.2, 0.25) is 11.8 Å². The molecule has 0 aromatic heterocycles. The van der Waals surface area contributed by atoms with E-state index in [4.69, 9.17) is 0 Å². The monoisotopic (exact) mass is 315 g/mol. The molecule has 3 rings (SSSR count). The molecule has 2 saturated heterocycles. The van der Waals surface area contributed by atoms with Crippen molar-refractivity contribution in [2.45, 2.75) is 50.7 Å².